The Morgan fingerprint density at radius 1 is 1.42 bits per heavy atom. The van der Waals surface area contributed by atoms with Crippen LogP contribution in [0, 0.1) is 10.1 Å². The van der Waals surface area contributed by atoms with Gasteiger partial charge in [0.25, 0.3) is 5.69 Å². The third-order valence-electron chi connectivity index (χ3n) is 3.24. The predicted molar refractivity (Wildman–Crippen MR) is 70.1 cm³/mol. The summed E-state index contributed by atoms with van der Waals surface area (Å²) < 4.78 is 25.7. The van der Waals surface area contributed by atoms with Crippen molar-refractivity contribution in [2.24, 2.45) is 0 Å². The minimum absolute atomic E-state index is 0.0623. The van der Waals surface area contributed by atoms with Gasteiger partial charge in [0.05, 0.1) is 10.7 Å². The molecule has 0 amide bonds. The summed E-state index contributed by atoms with van der Waals surface area (Å²) >= 11 is 0. The topological polar surface area (TPSA) is 92.6 Å². The first-order valence-electron chi connectivity index (χ1n) is 5.80. The second-order valence-corrected chi connectivity index (χ2v) is 6.50. The summed E-state index contributed by atoms with van der Waals surface area (Å²) in [5, 5.41) is 13.9. The minimum atomic E-state index is -3.54. The van der Waals surface area contributed by atoms with Gasteiger partial charge in [-0.25, -0.2) is 8.42 Å². The van der Waals surface area contributed by atoms with Gasteiger partial charge in [-0.15, -0.1) is 0 Å². The highest BCUT2D eigenvalue weighted by Crippen LogP contribution is 2.22. The molecule has 0 unspecified atom stereocenters. The Kier molecular flexibility index (Phi) is 3.83. The van der Waals surface area contributed by atoms with Gasteiger partial charge in [-0.2, -0.15) is 4.31 Å². The molecule has 8 heteroatoms. The molecule has 0 aliphatic carbocycles. The van der Waals surface area contributed by atoms with Gasteiger partial charge >= 0.3 is 0 Å². The number of sulfonamides is 1. The molecule has 1 N–H and O–H groups in total. The van der Waals surface area contributed by atoms with E-state index in [2.05, 4.69) is 5.32 Å². The lowest BCUT2D eigenvalue weighted by Gasteiger charge is -2.34. The van der Waals surface area contributed by atoms with E-state index in [9.17, 15) is 18.5 Å². The first-order valence-corrected chi connectivity index (χ1v) is 7.41. The van der Waals surface area contributed by atoms with Crippen LogP contribution in [0.25, 0.3) is 0 Å². The van der Waals surface area contributed by atoms with E-state index in [-0.39, 0.29) is 23.0 Å². The number of likely N-dealkylation sites (N-methyl/N-ethyl adjacent to an activating group) is 1. The summed E-state index contributed by atoms with van der Waals surface area (Å²) in [5.41, 5.74) is 0.0536. The molecule has 1 aromatic rings. The summed E-state index contributed by atoms with van der Waals surface area (Å²) in [6.45, 7) is 1.24. The first-order chi connectivity index (χ1) is 8.92. The number of hydrogen-bond donors (Lipinski definition) is 1. The Morgan fingerprint density at radius 2 is 2.05 bits per heavy atom. The molecular formula is C11H15N3O4S. The maximum absolute atomic E-state index is 12.2. The number of para-hydroxylation sites is 1. The quantitative estimate of drug-likeness (QED) is 0.621. The van der Waals surface area contributed by atoms with Gasteiger partial charge in [0.1, 0.15) is 0 Å². The van der Waals surface area contributed by atoms with Crippen LogP contribution in [0.1, 0.15) is 5.56 Å². The van der Waals surface area contributed by atoms with Crippen LogP contribution in [0.4, 0.5) is 5.69 Å². The maximum Gasteiger partial charge on any atom is 0.273 e. The van der Waals surface area contributed by atoms with Crippen molar-refractivity contribution in [2.75, 3.05) is 20.1 Å². The molecule has 1 saturated heterocycles. The molecule has 1 aliphatic rings. The fourth-order valence-electron chi connectivity index (χ4n) is 1.87. The molecule has 2 rings (SSSR count). The molecule has 1 aromatic carbocycles. The van der Waals surface area contributed by atoms with Crippen LogP contribution in [0.5, 0.6) is 0 Å². The molecule has 19 heavy (non-hydrogen) atoms. The third kappa shape index (κ3) is 2.91. The molecule has 0 bridgehead atoms. The van der Waals surface area contributed by atoms with E-state index in [1.165, 1.54) is 29.6 Å². The van der Waals surface area contributed by atoms with E-state index in [1.807, 2.05) is 0 Å². The fraction of sp³-hybridized carbons (Fsp3) is 0.455. The van der Waals surface area contributed by atoms with E-state index in [4.69, 9.17) is 0 Å². The standard InChI is InChI=1S/C11H15N3O4S/c1-13(10-6-12-7-10)19(17,18)8-9-4-2-3-5-11(9)14(15)16/h2-5,10,12H,6-8H2,1H3. The highest BCUT2D eigenvalue weighted by molar-refractivity contribution is 7.88. The van der Waals surface area contributed by atoms with Crippen molar-refractivity contribution in [3.8, 4) is 0 Å². The van der Waals surface area contributed by atoms with Crippen LogP contribution < -0.4 is 5.32 Å². The molecular weight excluding hydrogens is 270 g/mol. The molecule has 1 aliphatic heterocycles. The van der Waals surface area contributed by atoms with Gasteiger partial charge in [0, 0.05) is 37.8 Å². The van der Waals surface area contributed by atoms with Crippen LogP contribution in [0.2, 0.25) is 0 Å². The van der Waals surface area contributed by atoms with Gasteiger partial charge in [0.15, 0.2) is 0 Å². The smallest absolute Gasteiger partial charge is 0.273 e. The van der Waals surface area contributed by atoms with Crippen LogP contribution >= 0.6 is 0 Å². The molecule has 7 nitrogen and oxygen atoms in total. The molecule has 0 radical (unpaired) electrons. The summed E-state index contributed by atoms with van der Waals surface area (Å²) in [5.74, 6) is -0.350. The Bertz CT molecular complexity index is 583. The molecule has 104 valence electrons. The Morgan fingerprint density at radius 3 is 2.58 bits per heavy atom. The van der Waals surface area contributed by atoms with Crippen molar-refractivity contribution < 1.29 is 13.3 Å². The highest BCUT2D eigenvalue weighted by Gasteiger charge is 2.31. The van der Waals surface area contributed by atoms with E-state index >= 15 is 0 Å². The van der Waals surface area contributed by atoms with E-state index in [0.717, 1.165) is 0 Å². The molecule has 0 aromatic heterocycles. The van der Waals surface area contributed by atoms with Crippen molar-refractivity contribution in [2.45, 2.75) is 11.8 Å². The molecule has 0 atom stereocenters. The van der Waals surface area contributed by atoms with Crippen LogP contribution in [-0.4, -0.2) is 43.8 Å². The average Bonchev–Trinajstić information content (AvgIpc) is 2.26. The summed E-state index contributed by atoms with van der Waals surface area (Å²) in [7, 11) is -2.03. The van der Waals surface area contributed by atoms with Crippen molar-refractivity contribution in [1.82, 2.24) is 9.62 Å². The highest BCUT2D eigenvalue weighted by atomic mass is 32.2. The number of nitro groups is 1. The number of nitro benzene ring substituents is 1. The van der Waals surface area contributed by atoms with Crippen molar-refractivity contribution >= 4 is 15.7 Å². The summed E-state index contributed by atoms with van der Waals surface area (Å²) in [6.07, 6.45) is 0. The second kappa shape index (κ2) is 5.24. The number of rotatable bonds is 5. The first kappa shape index (κ1) is 13.9. The third-order valence-corrected chi connectivity index (χ3v) is 5.09. The van der Waals surface area contributed by atoms with Crippen molar-refractivity contribution in [3.05, 3.63) is 39.9 Å². The lowest BCUT2D eigenvalue weighted by Crippen LogP contribution is -2.57. The Labute approximate surface area is 111 Å². The minimum Gasteiger partial charge on any atom is -0.313 e. The maximum atomic E-state index is 12.2. The van der Waals surface area contributed by atoms with Crippen molar-refractivity contribution in [1.29, 1.82) is 0 Å². The van der Waals surface area contributed by atoms with E-state index in [1.54, 1.807) is 6.07 Å². The second-order valence-electron chi connectivity index (χ2n) is 4.47. The monoisotopic (exact) mass is 285 g/mol. The van der Waals surface area contributed by atoms with Gasteiger partial charge in [-0.1, -0.05) is 18.2 Å². The zero-order valence-corrected chi connectivity index (χ0v) is 11.3. The largest absolute Gasteiger partial charge is 0.313 e. The van der Waals surface area contributed by atoms with Gasteiger partial charge in [0.2, 0.25) is 10.0 Å². The van der Waals surface area contributed by atoms with E-state index < -0.39 is 14.9 Å². The zero-order chi connectivity index (χ0) is 14.0. The SMILES string of the molecule is CN(C1CNC1)S(=O)(=O)Cc1ccccc1[N+](=O)[O-]. The number of nitrogens with one attached hydrogen (secondary N) is 1. The number of nitrogens with zero attached hydrogens (tertiary/aromatic N) is 2. The molecule has 1 fully saturated rings. The number of hydrogen-bond acceptors (Lipinski definition) is 5. The molecule has 0 saturated carbocycles. The summed E-state index contributed by atoms with van der Waals surface area (Å²) in [4.78, 5) is 10.3. The Balaban J connectivity index is 2.22. The van der Waals surface area contributed by atoms with Crippen molar-refractivity contribution in [3.63, 3.8) is 0 Å². The average molecular weight is 285 g/mol. The van der Waals surface area contributed by atoms with Gasteiger partial charge < -0.3 is 5.32 Å². The molecule has 1 heterocycles. The van der Waals surface area contributed by atoms with Gasteiger partial charge in [-0.3, -0.25) is 10.1 Å². The lowest BCUT2D eigenvalue weighted by molar-refractivity contribution is -0.385. The lowest BCUT2D eigenvalue weighted by atomic mass is 10.2. The van der Waals surface area contributed by atoms with E-state index in [0.29, 0.717) is 13.1 Å². The van der Waals surface area contributed by atoms with Crippen LogP contribution in [-0.2, 0) is 15.8 Å². The van der Waals surface area contributed by atoms with Gasteiger partial charge in [-0.05, 0) is 0 Å². The number of benzene rings is 1. The predicted octanol–water partition coefficient (Wildman–Crippen LogP) is 0.328. The molecule has 0 spiro atoms. The zero-order valence-electron chi connectivity index (χ0n) is 10.4. The van der Waals surface area contributed by atoms with Crippen LogP contribution in [0.15, 0.2) is 24.3 Å². The fourth-order valence-corrected chi connectivity index (χ4v) is 3.31. The Hall–Kier alpha value is -1.51. The summed E-state index contributed by atoms with van der Waals surface area (Å²) in [6, 6.07) is 5.85. The normalized spacial score (nSPS) is 16.3. The van der Waals surface area contributed by atoms with Crippen LogP contribution in [0.3, 0.4) is 0 Å².